The molecule has 0 heterocycles. The van der Waals surface area contributed by atoms with Crippen molar-refractivity contribution in [2.24, 2.45) is 0 Å². The first-order valence-electron chi connectivity index (χ1n) is 7.06. The van der Waals surface area contributed by atoms with E-state index in [2.05, 4.69) is 5.32 Å². The second-order valence-corrected chi connectivity index (χ2v) is 4.78. The first-order valence-corrected chi connectivity index (χ1v) is 7.06. The Kier molecular flexibility index (Phi) is 5.31. The Hall–Kier alpha value is -2.62. The fraction of sp³-hybridized carbons (Fsp3) is 0.167. The molecule has 0 atom stereocenters. The number of ether oxygens (including phenoxy) is 1. The van der Waals surface area contributed by atoms with Gasteiger partial charge in [-0.1, -0.05) is 0 Å². The summed E-state index contributed by atoms with van der Waals surface area (Å²) < 4.78 is 18.2. The second-order valence-electron chi connectivity index (χ2n) is 4.78. The summed E-state index contributed by atoms with van der Waals surface area (Å²) in [5.41, 5.74) is 2.02. The third-order valence-electron chi connectivity index (χ3n) is 2.98. The quantitative estimate of drug-likeness (QED) is 0.633. The zero-order chi connectivity index (χ0) is 15.9. The van der Waals surface area contributed by atoms with E-state index in [-0.39, 0.29) is 11.6 Å². The summed E-state index contributed by atoms with van der Waals surface area (Å²) in [6, 6.07) is 13.0. The van der Waals surface area contributed by atoms with E-state index in [1.807, 2.05) is 31.2 Å². The van der Waals surface area contributed by atoms with Gasteiger partial charge in [-0.25, -0.2) is 4.39 Å². The summed E-state index contributed by atoms with van der Waals surface area (Å²) in [5.74, 6) is 0.276. The summed E-state index contributed by atoms with van der Waals surface area (Å²) >= 11 is 0. The number of carbonyl (C=O) groups excluding carboxylic acids is 1. The minimum Gasteiger partial charge on any atom is -0.494 e. The van der Waals surface area contributed by atoms with E-state index in [4.69, 9.17) is 4.74 Å². The Bertz CT molecular complexity index is 660. The van der Waals surface area contributed by atoms with E-state index < -0.39 is 0 Å². The topological polar surface area (TPSA) is 38.3 Å². The Labute approximate surface area is 129 Å². The maximum Gasteiger partial charge on any atom is 0.187 e. The van der Waals surface area contributed by atoms with Gasteiger partial charge in [0.1, 0.15) is 11.6 Å². The highest BCUT2D eigenvalue weighted by Crippen LogP contribution is 2.17. The van der Waals surface area contributed by atoms with Crippen molar-refractivity contribution in [3.05, 3.63) is 71.7 Å². The van der Waals surface area contributed by atoms with E-state index in [0.717, 1.165) is 11.4 Å². The number of allylic oxidation sites excluding steroid dienone is 2. The molecule has 0 bridgehead atoms. The van der Waals surface area contributed by atoms with Crippen molar-refractivity contribution < 1.29 is 13.9 Å². The van der Waals surface area contributed by atoms with Crippen LogP contribution in [0.15, 0.2) is 60.3 Å². The van der Waals surface area contributed by atoms with E-state index in [9.17, 15) is 9.18 Å². The average molecular weight is 299 g/mol. The van der Waals surface area contributed by atoms with Gasteiger partial charge < -0.3 is 10.1 Å². The molecule has 0 unspecified atom stereocenters. The highest BCUT2D eigenvalue weighted by atomic mass is 19.1. The fourth-order valence-electron chi connectivity index (χ4n) is 1.96. The van der Waals surface area contributed by atoms with Crippen LogP contribution in [0.2, 0.25) is 0 Å². The van der Waals surface area contributed by atoms with Gasteiger partial charge in [-0.15, -0.1) is 0 Å². The molecule has 0 radical (unpaired) electrons. The third-order valence-corrected chi connectivity index (χ3v) is 2.98. The normalized spacial score (nSPS) is 11.1. The summed E-state index contributed by atoms with van der Waals surface area (Å²) in [6.07, 6.45) is 1.49. The minimum atomic E-state index is -0.357. The lowest BCUT2D eigenvalue weighted by molar-refractivity contribution is 0.104. The average Bonchev–Trinajstić information content (AvgIpc) is 2.50. The van der Waals surface area contributed by atoms with Gasteiger partial charge >= 0.3 is 0 Å². The molecule has 0 fully saturated rings. The molecule has 4 heteroatoms. The minimum absolute atomic E-state index is 0.170. The Morgan fingerprint density at radius 3 is 2.36 bits per heavy atom. The highest BCUT2D eigenvalue weighted by Gasteiger charge is 2.04. The molecule has 2 aromatic rings. The fourth-order valence-corrected chi connectivity index (χ4v) is 1.96. The van der Waals surface area contributed by atoms with E-state index in [0.29, 0.717) is 17.9 Å². The molecule has 0 aliphatic rings. The molecule has 22 heavy (non-hydrogen) atoms. The Morgan fingerprint density at radius 1 is 1.14 bits per heavy atom. The van der Waals surface area contributed by atoms with Gasteiger partial charge in [0.2, 0.25) is 0 Å². The molecule has 3 nitrogen and oxygen atoms in total. The first kappa shape index (κ1) is 15.8. The molecule has 2 aromatic carbocycles. The number of halogens is 1. The number of nitrogens with one attached hydrogen (secondary N) is 1. The first-order chi connectivity index (χ1) is 10.6. The summed E-state index contributed by atoms with van der Waals surface area (Å²) in [5, 5.41) is 3.13. The summed E-state index contributed by atoms with van der Waals surface area (Å²) in [6.45, 7) is 4.36. The number of hydrogen-bond donors (Lipinski definition) is 1. The van der Waals surface area contributed by atoms with Gasteiger partial charge in [0.15, 0.2) is 5.78 Å². The molecule has 0 aromatic heterocycles. The molecule has 0 spiro atoms. The number of benzene rings is 2. The van der Waals surface area contributed by atoms with Gasteiger partial charge in [-0.2, -0.15) is 0 Å². The smallest absolute Gasteiger partial charge is 0.187 e. The molecule has 0 saturated carbocycles. The molecule has 114 valence electrons. The molecule has 0 saturated heterocycles. The largest absolute Gasteiger partial charge is 0.494 e. The second kappa shape index (κ2) is 7.41. The van der Waals surface area contributed by atoms with Crippen molar-refractivity contribution >= 4 is 11.5 Å². The number of carbonyl (C=O) groups is 1. The molecular weight excluding hydrogens is 281 g/mol. The van der Waals surface area contributed by atoms with Crippen LogP contribution in [0, 0.1) is 5.82 Å². The highest BCUT2D eigenvalue weighted by molar-refractivity contribution is 6.05. The molecule has 0 aliphatic carbocycles. The maximum atomic E-state index is 12.8. The summed E-state index contributed by atoms with van der Waals surface area (Å²) in [4.78, 5) is 12.0. The number of rotatable bonds is 6. The van der Waals surface area contributed by atoms with Gasteiger partial charge in [0, 0.05) is 23.0 Å². The maximum absolute atomic E-state index is 12.8. The Balaban J connectivity index is 2.02. The van der Waals surface area contributed by atoms with Crippen LogP contribution in [0.5, 0.6) is 5.75 Å². The van der Waals surface area contributed by atoms with Crippen molar-refractivity contribution in [2.75, 3.05) is 11.9 Å². The SMILES string of the molecule is CCOc1ccc(NC(C)=CC(=O)c2ccc(F)cc2)cc1. The molecular formula is C18H18FNO2. The predicted octanol–water partition coefficient (Wildman–Crippen LogP) is 4.42. The number of ketones is 1. The van der Waals surface area contributed by atoms with E-state index in [1.165, 1.54) is 30.3 Å². The van der Waals surface area contributed by atoms with Crippen molar-refractivity contribution in [3.63, 3.8) is 0 Å². The lowest BCUT2D eigenvalue weighted by Gasteiger charge is -2.08. The van der Waals surface area contributed by atoms with E-state index >= 15 is 0 Å². The molecule has 0 amide bonds. The number of anilines is 1. The van der Waals surface area contributed by atoms with Crippen LogP contribution in [0.25, 0.3) is 0 Å². The number of hydrogen-bond acceptors (Lipinski definition) is 3. The zero-order valence-electron chi connectivity index (χ0n) is 12.6. The van der Waals surface area contributed by atoms with Crippen LogP contribution in [-0.2, 0) is 0 Å². The zero-order valence-corrected chi connectivity index (χ0v) is 12.6. The van der Waals surface area contributed by atoms with E-state index in [1.54, 1.807) is 6.92 Å². The molecule has 1 N–H and O–H groups in total. The van der Waals surface area contributed by atoms with Crippen molar-refractivity contribution in [3.8, 4) is 5.75 Å². The molecule has 2 rings (SSSR count). The van der Waals surface area contributed by atoms with Crippen LogP contribution in [0.3, 0.4) is 0 Å². The van der Waals surface area contributed by atoms with Crippen molar-refractivity contribution in [2.45, 2.75) is 13.8 Å². The van der Waals surface area contributed by atoms with Crippen LogP contribution in [-0.4, -0.2) is 12.4 Å². The lowest BCUT2D eigenvalue weighted by Crippen LogP contribution is -2.01. The predicted molar refractivity (Wildman–Crippen MR) is 85.7 cm³/mol. The van der Waals surface area contributed by atoms with Gasteiger partial charge in [-0.05, 0) is 62.4 Å². The van der Waals surface area contributed by atoms with Crippen LogP contribution in [0.4, 0.5) is 10.1 Å². The van der Waals surface area contributed by atoms with Crippen LogP contribution in [0.1, 0.15) is 24.2 Å². The monoisotopic (exact) mass is 299 g/mol. The van der Waals surface area contributed by atoms with Crippen molar-refractivity contribution in [1.29, 1.82) is 0 Å². The third kappa shape index (κ3) is 4.45. The standard InChI is InChI=1S/C18H18FNO2/c1-3-22-17-10-8-16(9-11-17)20-13(2)12-18(21)14-4-6-15(19)7-5-14/h4-12,20H,3H2,1-2H3. The van der Waals surface area contributed by atoms with Crippen LogP contribution < -0.4 is 10.1 Å². The van der Waals surface area contributed by atoms with Crippen molar-refractivity contribution in [1.82, 2.24) is 0 Å². The van der Waals surface area contributed by atoms with Gasteiger partial charge in [-0.3, -0.25) is 4.79 Å². The summed E-state index contributed by atoms with van der Waals surface area (Å²) in [7, 11) is 0. The van der Waals surface area contributed by atoms with Gasteiger partial charge in [0.05, 0.1) is 6.61 Å². The van der Waals surface area contributed by atoms with Crippen LogP contribution >= 0.6 is 0 Å². The lowest BCUT2D eigenvalue weighted by atomic mass is 10.1. The van der Waals surface area contributed by atoms with Gasteiger partial charge in [0.25, 0.3) is 0 Å². The molecule has 0 aliphatic heterocycles. The Morgan fingerprint density at radius 2 is 1.77 bits per heavy atom.